The lowest BCUT2D eigenvalue weighted by molar-refractivity contribution is -0.119. The van der Waals surface area contributed by atoms with Crippen molar-refractivity contribution in [2.24, 2.45) is 0 Å². The quantitative estimate of drug-likeness (QED) is 0.439. The molecule has 1 aromatic heterocycles. The summed E-state index contributed by atoms with van der Waals surface area (Å²) >= 11 is 7.93. The molecule has 3 aromatic rings. The lowest BCUT2D eigenvalue weighted by Crippen LogP contribution is -2.36. The Bertz CT molecular complexity index is 1050. The van der Waals surface area contributed by atoms with Crippen molar-refractivity contribution < 1.29 is 4.79 Å². The predicted molar refractivity (Wildman–Crippen MR) is 106 cm³/mol. The molecule has 1 fully saturated rings. The zero-order valence-corrected chi connectivity index (χ0v) is 15.7. The number of aromatic nitrogens is 1. The van der Waals surface area contributed by atoms with Crippen molar-refractivity contribution in [1.29, 1.82) is 0 Å². The summed E-state index contributed by atoms with van der Waals surface area (Å²) in [6.07, 6.45) is 3.43. The molecule has 0 unspecified atom stereocenters. The van der Waals surface area contributed by atoms with Gasteiger partial charge < -0.3 is 0 Å². The van der Waals surface area contributed by atoms with Gasteiger partial charge in [0.15, 0.2) is 0 Å². The number of piperidine rings is 1. The number of amides is 1. The van der Waals surface area contributed by atoms with Gasteiger partial charge in [-0.25, -0.2) is 4.98 Å². The minimum Gasteiger partial charge on any atom is -0.296 e. The van der Waals surface area contributed by atoms with E-state index in [1.807, 2.05) is 35.2 Å². The molecule has 0 N–H and O–H groups in total. The summed E-state index contributed by atoms with van der Waals surface area (Å²) in [6.45, 7) is 0.755. The molecule has 0 spiro atoms. The van der Waals surface area contributed by atoms with Crippen LogP contribution in [0.2, 0.25) is 5.02 Å². The molecule has 1 amide bonds. The molecule has 0 radical (unpaired) electrons. The number of para-hydroxylation sites is 1. The summed E-state index contributed by atoms with van der Waals surface area (Å²) in [5.74, 6) is 1.01. The topological polar surface area (TPSA) is 33.2 Å². The van der Waals surface area contributed by atoms with Gasteiger partial charge >= 0.3 is 0 Å². The van der Waals surface area contributed by atoms with E-state index < -0.39 is 0 Å². The van der Waals surface area contributed by atoms with Gasteiger partial charge in [-0.1, -0.05) is 41.6 Å². The van der Waals surface area contributed by atoms with E-state index >= 15 is 0 Å². The molecule has 0 atom stereocenters. The van der Waals surface area contributed by atoms with E-state index in [0.29, 0.717) is 6.42 Å². The van der Waals surface area contributed by atoms with Crippen LogP contribution in [-0.2, 0) is 11.2 Å². The van der Waals surface area contributed by atoms with Crippen LogP contribution < -0.4 is 4.90 Å². The van der Waals surface area contributed by atoms with E-state index in [2.05, 4.69) is 12.1 Å². The Hall–Kier alpha value is -2.04. The number of carbonyl (C=O) groups is 1. The van der Waals surface area contributed by atoms with Gasteiger partial charge in [0, 0.05) is 34.7 Å². The summed E-state index contributed by atoms with van der Waals surface area (Å²) in [6, 6.07) is 14.3. The van der Waals surface area contributed by atoms with Gasteiger partial charge in [0.1, 0.15) is 5.82 Å². The van der Waals surface area contributed by atoms with Gasteiger partial charge in [-0.3, -0.25) is 9.69 Å². The molecule has 2 aliphatic heterocycles. The average Bonchev–Trinajstić information content (AvgIpc) is 2.66. The van der Waals surface area contributed by atoms with Crippen molar-refractivity contribution >= 4 is 46.0 Å². The molecule has 1 saturated heterocycles. The fourth-order valence-electron chi connectivity index (χ4n) is 3.83. The van der Waals surface area contributed by atoms with Gasteiger partial charge in [-0.15, -0.1) is 0 Å². The Morgan fingerprint density at radius 2 is 2.00 bits per heavy atom. The van der Waals surface area contributed by atoms with Crippen LogP contribution in [0.5, 0.6) is 0 Å². The highest BCUT2D eigenvalue weighted by Gasteiger charge is 2.29. The van der Waals surface area contributed by atoms with E-state index in [-0.39, 0.29) is 5.91 Å². The van der Waals surface area contributed by atoms with Crippen LogP contribution >= 0.6 is 23.4 Å². The number of pyridine rings is 1. The van der Waals surface area contributed by atoms with E-state index in [1.54, 1.807) is 11.8 Å². The second kappa shape index (κ2) is 6.29. The molecule has 130 valence electrons. The fourth-order valence-corrected chi connectivity index (χ4v) is 5.20. The number of halogens is 1. The number of carbonyl (C=O) groups excluding carboxylic acids is 1. The van der Waals surface area contributed by atoms with E-state index in [0.717, 1.165) is 52.4 Å². The van der Waals surface area contributed by atoms with Crippen LogP contribution in [0.25, 0.3) is 10.9 Å². The Morgan fingerprint density at radius 3 is 2.88 bits per heavy atom. The molecule has 26 heavy (non-hydrogen) atoms. The number of rotatable bonds is 1. The third-order valence-electron chi connectivity index (χ3n) is 5.11. The maximum atomic E-state index is 12.6. The van der Waals surface area contributed by atoms with Gasteiger partial charge in [0.2, 0.25) is 5.91 Å². The SMILES string of the molecule is O=C1CCCCN1c1nc2ccccc2c2c1Sc1ccc(Cl)cc1C2. The zero-order valence-electron chi connectivity index (χ0n) is 14.2. The number of hydrogen-bond donors (Lipinski definition) is 0. The van der Waals surface area contributed by atoms with Crippen LogP contribution in [0, 0.1) is 0 Å². The summed E-state index contributed by atoms with van der Waals surface area (Å²) < 4.78 is 0. The standard InChI is InChI=1S/C21H17ClN2OS/c22-14-8-9-18-13(11-14)12-16-15-5-1-2-6-17(15)23-21(20(16)26-18)24-10-4-3-7-19(24)25/h1-2,5-6,8-9,11H,3-4,7,10,12H2. The van der Waals surface area contributed by atoms with Crippen molar-refractivity contribution in [3.8, 4) is 0 Å². The van der Waals surface area contributed by atoms with Crippen molar-refractivity contribution in [1.82, 2.24) is 4.98 Å². The number of benzene rings is 2. The molecule has 2 aliphatic rings. The Kier molecular flexibility index (Phi) is 3.91. The first-order valence-corrected chi connectivity index (χ1v) is 10.1. The first-order chi connectivity index (χ1) is 12.7. The normalized spacial score (nSPS) is 16.5. The summed E-state index contributed by atoms with van der Waals surface area (Å²) in [7, 11) is 0. The average molecular weight is 381 g/mol. The fraction of sp³-hybridized carbons (Fsp3) is 0.238. The highest BCUT2D eigenvalue weighted by molar-refractivity contribution is 7.99. The number of anilines is 1. The van der Waals surface area contributed by atoms with Gasteiger partial charge in [0.05, 0.1) is 10.4 Å². The third-order valence-corrected chi connectivity index (χ3v) is 6.60. The maximum absolute atomic E-state index is 12.6. The number of fused-ring (bicyclic) bond motifs is 4. The molecular formula is C21H17ClN2OS. The van der Waals surface area contributed by atoms with Gasteiger partial charge in [-0.2, -0.15) is 0 Å². The van der Waals surface area contributed by atoms with Crippen LogP contribution in [0.4, 0.5) is 5.82 Å². The third kappa shape index (κ3) is 2.60. The predicted octanol–water partition coefficient (Wildman–Crippen LogP) is 5.46. The maximum Gasteiger partial charge on any atom is 0.228 e. The van der Waals surface area contributed by atoms with Crippen molar-refractivity contribution in [2.75, 3.05) is 11.4 Å². The van der Waals surface area contributed by atoms with Crippen LogP contribution in [0.15, 0.2) is 52.3 Å². The minimum absolute atomic E-state index is 0.184. The smallest absolute Gasteiger partial charge is 0.228 e. The second-order valence-electron chi connectivity index (χ2n) is 6.79. The highest BCUT2D eigenvalue weighted by atomic mass is 35.5. The minimum atomic E-state index is 0.184. The largest absolute Gasteiger partial charge is 0.296 e. The van der Waals surface area contributed by atoms with Crippen molar-refractivity contribution in [3.05, 3.63) is 58.6 Å². The molecule has 0 bridgehead atoms. The first kappa shape index (κ1) is 16.2. The van der Waals surface area contributed by atoms with Crippen molar-refractivity contribution in [2.45, 2.75) is 35.5 Å². The second-order valence-corrected chi connectivity index (χ2v) is 8.28. The van der Waals surface area contributed by atoms with Crippen LogP contribution in [0.1, 0.15) is 30.4 Å². The summed E-state index contributed by atoms with van der Waals surface area (Å²) in [5.41, 5.74) is 3.44. The molecule has 5 rings (SSSR count). The Labute approximate surface area is 161 Å². The molecule has 2 aromatic carbocycles. The molecule has 3 heterocycles. The van der Waals surface area contributed by atoms with E-state index in [4.69, 9.17) is 16.6 Å². The number of nitrogens with zero attached hydrogens (tertiary/aromatic N) is 2. The summed E-state index contributed by atoms with van der Waals surface area (Å²) in [4.78, 5) is 21.7. The Balaban J connectivity index is 1.74. The van der Waals surface area contributed by atoms with E-state index in [1.165, 1.54) is 16.0 Å². The molecule has 0 aliphatic carbocycles. The highest BCUT2D eigenvalue weighted by Crippen LogP contribution is 2.47. The summed E-state index contributed by atoms with van der Waals surface area (Å²) in [5, 5.41) is 1.92. The Morgan fingerprint density at radius 1 is 1.12 bits per heavy atom. The molecule has 3 nitrogen and oxygen atoms in total. The zero-order chi connectivity index (χ0) is 17.7. The number of hydrogen-bond acceptors (Lipinski definition) is 3. The molecular weight excluding hydrogens is 364 g/mol. The first-order valence-electron chi connectivity index (χ1n) is 8.89. The molecule has 0 saturated carbocycles. The van der Waals surface area contributed by atoms with Crippen LogP contribution in [-0.4, -0.2) is 17.4 Å². The monoisotopic (exact) mass is 380 g/mol. The van der Waals surface area contributed by atoms with Crippen molar-refractivity contribution in [3.63, 3.8) is 0 Å². The van der Waals surface area contributed by atoms with Gasteiger partial charge in [0.25, 0.3) is 0 Å². The van der Waals surface area contributed by atoms with E-state index in [9.17, 15) is 4.79 Å². The molecule has 5 heteroatoms. The van der Waals surface area contributed by atoms with Crippen LogP contribution in [0.3, 0.4) is 0 Å². The lowest BCUT2D eigenvalue weighted by atomic mass is 9.99. The lowest BCUT2D eigenvalue weighted by Gasteiger charge is -2.30. The van der Waals surface area contributed by atoms with Gasteiger partial charge in [-0.05, 0) is 48.2 Å².